The Labute approximate surface area is 168 Å². The SMILES string of the molecule is C(c1cccc(-c2ccccn2)c1)=c1[nH]c(=Cc2ccccn2)c2ccccc12. The van der Waals surface area contributed by atoms with Crippen molar-refractivity contribution in [3.63, 3.8) is 0 Å². The van der Waals surface area contributed by atoms with Gasteiger partial charge in [0.25, 0.3) is 0 Å². The number of nitrogens with zero attached hydrogens (tertiary/aromatic N) is 2. The van der Waals surface area contributed by atoms with Crippen LogP contribution in [0, 0.1) is 0 Å². The molecule has 29 heavy (non-hydrogen) atoms. The monoisotopic (exact) mass is 373 g/mol. The Morgan fingerprint density at radius 1 is 0.621 bits per heavy atom. The lowest BCUT2D eigenvalue weighted by Gasteiger charge is -2.01. The second-order valence-corrected chi connectivity index (χ2v) is 6.88. The van der Waals surface area contributed by atoms with Crippen LogP contribution < -0.4 is 10.7 Å². The van der Waals surface area contributed by atoms with Crippen molar-refractivity contribution in [3.05, 3.63) is 119 Å². The number of rotatable bonds is 3. The van der Waals surface area contributed by atoms with Gasteiger partial charge in [-0.25, -0.2) is 0 Å². The summed E-state index contributed by atoms with van der Waals surface area (Å²) in [7, 11) is 0. The molecule has 0 fully saturated rings. The van der Waals surface area contributed by atoms with Crippen LogP contribution in [0.1, 0.15) is 11.3 Å². The van der Waals surface area contributed by atoms with E-state index in [1.54, 1.807) is 0 Å². The molecule has 2 aromatic carbocycles. The molecule has 138 valence electrons. The van der Waals surface area contributed by atoms with Crippen LogP contribution in [-0.4, -0.2) is 15.0 Å². The largest absolute Gasteiger partial charge is 0.354 e. The van der Waals surface area contributed by atoms with Gasteiger partial charge in [0.15, 0.2) is 0 Å². The summed E-state index contributed by atoms with van der Waals surface area (Å²) in [5.74, 6) is 0. The number of H-pyrrole nitrogens is 1. The first-order valence-electron chi connectivity index (χ1n) is 9.59. The zero-order valence-corrected chi connectivity index (χ0v) is 15.8. The number of hydrogen-bond donors (Lipinski definition) is 1. The molecule has 0 saturated carbocycles. The van der Waals surface area contributed by atoms with Crippen LogP contribution in [0.25, 0.3) is 34.2 Å². The third-order valence-electron chi connectivity index (χ3n) is 4.92. The van der Waals surface area contributed by atoms with Gasteiger partial charge < -0.3 is 4.98 Å². The Hall–Kier alpha value is -3.98. The molecular weight excluding hydrogens is 354 g/mol. The zero-order valence-electron chi connectivity index (χ0n) is 15.8. The van der Waals surface area contributed by atoms with Crippen molar-refractivity contribution in [2.75, 3.05) is 0 Å². The summed E-state index contributed by atoms with van der Waals surface area (Å²) in [4.78, 5) is 12.5. The van der Waals surface area contributed by atoms with Gasteiger partial charge in [0.2, 0.25) is 0 Å². The fourth-order valence-electron chi connectivity index (χ4n) is 3.56. The smallest absolute Gasteiger partial charge is 0.0702 e. The van der Waals surface area contributed by atoms with Gasteiger partial charge in [0, 0.05) is 39.4 Å². The summed E-state index contributed by atoms with van der Waals surface area (Å²) in [5.41, 5.74) is 4.14. The number of aromatic amines is 1. The lowest BCUT2D eigenvalue weighted by molar-refractivity contribution is 1.25. The van der Waals surface area contributed by atoms with Crippen molar-refractivity contribution in [1.29, 1.82) is 0 Å². The van der Waals surface area contributed by atoms with E-state index in [0.717, 1.165) is 33.2 Å². The summed E-state index contributed by atoms with van der Waals surface area (Å²) in [5, 5.41) is 4.52. The van der Waals surface area contributed by atoms with Crippen LogP contribution in [0.4, 0.5) is 0 Å². The Balaban J connectivity index is 1.67. The number of fused-ring (bicyclic) bond motifs is 1. The molecule has 0 saturated heterocycles. The lowest BCUT2D eigenvalue weighted by atomic mass is 10.1. The maximum Gasteiger partial charge on any atom is 0.0702 e. The maximum absolute atomic E-state index is 4.46. The minimum absolute atomic E-state index is 0.934. The van der Waals surface area contributed by atoms with E-state index in [4.69, 9.17) is 0 Å². The number of aromatic nitrogens is 3. The van der Waals surface area contributed by atoms with Crippen molar-refractivity contribution in [2.24, 2.45) is 0 Å². The van der Waals surface area contributed by atoms with E-state index in [1.807, 2.05) is 48.8 Å². The summed E-state index contributed by atoms with van der Waals surface area (Å²) < 4.78 is 0. The van der Waals surface area contributed by atoms with E-state index in [2.05, 4.69) is 75.6 Å². The Morgan fingerprint density at radius 2 is 1.34 bits per heavy atom. The molecule has 0 radical (unpaired) electrons. The molecule has 0 amide bonds. The zero-order chi connectivity index (χ0) is 19.5. The second kappa shape index (κ2) is 7.56. The van der Waals surface area contributed by atoms with Crippen molar-refractivity contribution in [1.82, 2.24) is 15.0 Å². The molecule has 0 aliphatic carbocycles. The van der Waals surface area contributed by atoms with Crippen LogP contribution in [0.3, 0.4) is 0 Å². The predicted octanol–water partition coefficient (Wildman–Crippen LogP) is 4.28. The summed E-state index contributed by atoms with van der Waals surface area (Å²) in [6.45, 7) is 0. The highest BCUT2D eigenvalue weighted by molar-refractivity contribution is 5.85. The topological polar surface area (TPSA) is 41.6 Å². The van der Waals surface area contributed by atoms with Gasteiger partial charge in [-0.3, -0.25) is 9.97 Å². The third kappa shape index (κ3) is 3.58. The minimum Gasteiger partial charge on any atom is -0.354 e. The van der Waals surface area contributed by atoms with Crippen LogP contribution in [0.15, 0.2) is 97.3 Å². The Bertz CT molecular complexity index is 1380. The molecule has 5 rings (SSSR count). The Kier molecular flexibility index (Phi) is 4.47. The fourth-order valence-corrected chi connectivity index (χ4v) is 3.56. The molecule has 0 bridgehead atoms. The first-order chi connectivity index (χ1) is 14.4. The summed E-state index contributed by atoms with van der Waals surface area (Å²) in [6.07, 6.45) is 7.91. The summed E-state index contributed by atoms with van der Waals surface area (Å²) >= 11 is 0. The number of pyridine rings is 2. The Morgan fingerprint density at radius 3 is 2.07 bits per heavy atom. The van der Waals surface area contributed by atoms with E-state index >= 15 is 0 Å². The lowest BCUT2D eigenvalue weighted by Crippen LogP contribution is -2.10. The molecular formula is C26H19N3. The molecule has 0 spiro atoms. The second-order valence-electron chi connectivity index (χ2n) is 6.88. The van der Waals surface area contributed by atoms with Crippen molar-refractivity contribution >= 4 is 22.9 Å². The van der Waals surface area contributed by atoms with Crippen LogP contribution in [-0.2, 0) is 0 Å². The van der Waals surface area contributed by atoms with E-state index in [1.165, 1.54) is 10.8 Å². The third-order valence-corrected chi connectivity index (χ3v) is 4.92. The average Bonchev–Trinajstić information content (AvgIpc) is 3.12. The molecule has 3 heteroatoms. The maximum atomic E-state index is 4.46. The summed E-state index contributed by atoms with van der Waals surface area (Å²) in [6, 6.07) is 28.8. The van der Waals surface area contributed by atoms with Gasteiger partial charge in [-0.15, -0.1) is 0 Å². The quantitative estimate of drug-likeness (QED) is 0.513. The van der Waals surface area contributed by atoms with Gasteiger partial charge in [0.1, 0.15) is 0 Å². The predicted molar refractivity (Wildman–Crippen MR) is 119 cm³/mol. The highest BCUT2D eigenvalue weighted by Crippen LogP contribution is 2.18. The first kappa shape index (κ1) is 17.1. The van der Waals surface area contributed by atoms with E-state index in [-0.39, 0.29) is 0 Å². The molecule has 0 aliphatic heterocycles. The van der Waals surface area contributed by atoms with Crippen LogP contribution in [0.5, 0.6) is 0 Å². The molecule has 0 aliphatic rings. The molecule has 0 unspecified atom stereocenters. The van der Waals surface area contributed by atoms with Gasteiger partial charge in [0.05, 0.1) is 11.4 Å². The van der Waals surface area contributed by atoms with Gasteiger partial charge in [-0.2, -0.15) is 0 Å². The fraction of sp³-hybridized carbons (Fsp3) is 0. The molecule has 3 nitrogen and oxygen atoms in total. The molecule has 5 aromatic rings. The molecule has 3 aromatic heterocycles. The van der Waals surface area contributed by atoms with Gasteiger partial charge in [-0.05, 0) is 48.0 Å². The highest BCUT2D eigenvalue weighted by Gasteiger charge is 2.02. The average molecular weight is 373 g/mol. The van der Waals surface area contributed by atoms with Crippen molar-refractivity contribution in [3.8, 4) is 11.3 Å². The van der Waals surface area contributed by atoms with E-state index < -0.39 is 0 Å². The molecule has 0 atom stereocenters. The minimum atomic E-state index is 0.934. The van der Waals surface area contributed by atoms with Crippen LogP contribution >= 0.6 is 0 Å². The number of benzene rings is 2. The number of hydrogen-bond acceptors (Lipinski definition) is 2. The van der Waals surface area contributed by atoms with E-state index in [0.29, 0.717) is 0 Å². The molecule has 3 heterocycles. The molecule has 1 N–H and O–H groups in total. The highest BCUT2D eigenvalue weighted by atomic mass is 14.7. The van der Waals surface area contributed by atoms with Crippen molar-refractivity contribution in [2.45, 2.75) is 0 Å². The van der Waals surface area contributed by atoms with Gasteiger partial charge >= 0.3 is 0 Å². The standard InChI is InChI=1S/C26H19N3/c1-2-12-23-22(11-1)25(29-26(23)18-21-10-3-5-14-27-21)17-19-8-7-9-20(16-19)24-13-4-6-15-28-24/h1-18,29H. The van der Waals surface area contributed by atoms with Crippen LogP contribution in [0.2, 0.25) is 0 Å². The number of nitrogens with one attached hydrogen (secondary N) is 1. The normalized spacial score (nSPS) is 12.6. The van der Waals surface area contributed by atoms with Crippen molar-refractivity contribution < 1.29 is 0 Å². The van der Waals surface area contributed by atoms with Gasteiger partial charge in [-0.1, -0.05) is 54.6 Å². The van der Waals surface area contributed by atoms with E-state index in [9.17, 15) is 0 Å². The first-order valence-corrected chi connectivity index (χ1v) is 9.59.